The van der Waals surface area contributed by atoms with Crippen molar-refractivity contribution in [1.29, 1.82) is 0 Å². The Morgan fingerprint density at radius 1 is 1.21 bits per heavy atom. The summed E-state index contributed by atoms with van der Waals surface area (Å²) < 4.78 is 1.13. The van der Waals surface area contributed by atoms with Gasteiger partial charge in [-0.05, 0) is 35.6 Å². The number of benzene rings is 1. The van der Waals surface area contributed by atoms with Gasteiger partial charge in [0.05, 0.1) is 6.54 Å². The molecule has 2 amide bonds. The van der Waals surface area contributed by atoms with Crippen molar-refractivity contribution in [3.05, 3.63) is 65.3 Å². The quantitative estimate of drug-likeness (QED) is 0.645. The summed E-state index contributed by atoms with van der Waals surface area (Å²) >= 11 is 1.54. The zero-order chi connectivity index (χ0) is 16.8. The summed E-state index contributed by atoms with van der Waals surface area (Å²) in [6.45, 7) is 0.710. The minimum absolute atomic E-state index is 0.186. The molecule has 3 N–H and O–H groups in total. The second-order valence-electron chi connectivity index (χ2n) is 5.45. The van der Waals surface area contributed by atoms with Crippen molar-refractivity contribution in [2.75, 3.05) is 13.1 Å². The average Bonchev–Trinajstić information content (AvgIpc) is 3.05. The number of pyridine rings is 1. The zero-order valence-electron chi connectivity index (χ0n) is 13.1. The highest BCUT2D eigenvalue weighted by Crippen LogP contribution is 2.29. The molecule has 0 aliphatic heterocycles. The van der Waals surface area contributed by atoms with Crippen molar-refractivity contribution in [1.82, 2.24) is 15.6 Å². The van der Waals surface area contributed by atoms with Crippen LogP contribution in [-0.2, 0) is 6.42 Å². The van der Waals surface area contributed by atoms with Crippen LogP contribution in [0, 0.1) is 0 Å². The molecule has 1 aromatic carbocycles. The van der Waals surface area contributed by atoms with Crippen molar-refractivity contribution in [2.45, 2.75) is 12.5 Å². The number of carbonyl (C=O) groups is 1. The van der Waals surface area contributed by atoms with Crippen LogP contribution in [0.4, 0.5) is 4.79 Å². The van der Waals surface area contributed by atoms with Crippen LogP contribution in [-0.4, -0.2) is 29.2 Å². The first-order valence-electron chi connectivity index (χ1n) is 7.79. The highest BCUT2D eigenvalue weighted by atomic mass is 32.1. The molecule has 1 atom stereocenters. The summed E-state index contributed by atoms with van der Waals surface area (Å²) in [5, 5.41) is 16.8. The second-order valence-corrected chi connectivity index (χ2v) is 6.57. The fraction of sp³-hybridized carbons (Fsp3) is 0.222. The van der Waals surface area contributed by atoms with E-state index in [2.05, 4.69) is 15.6 Å². The Labute approximate surface area is 144 Å². The molecule has 0 fully saturated rings. The zero-order valence-corrected chi connectivity index (χ0v) is 13.9. The number of aliphatic hydroxyl groups is 1. The minimum atomic E-state index is -0.702. The summed E-state index contributed by atoms with van der Waals surface area (Å²) in [6, 6.07) is 13.5. The van der Waals surface area contributed by atoms with Gasteiger partial charge in [-0.25, -0.2) is 4.79 Å². The molecule has 0 saturated heterocycles. The Bertz CT molecular complexity index is 771. The summed E-state index contributed by atoms with van der Waals surface area (Å²) in [4.78, 5) is 16.7. The predicted octanol–water partition coefficient (Wildman–Crippen LogP) is 2.87. The molecule has 5 nitrogen and oxygen atoms in total. The van der Waals surface area contributed by atoms with E-state index in [9.17, 15) is 9.90 Å². The standard InChI is InChI=1S/C18H19N3O2S/c22-15(17-10-14-5-1-2-6-16(14)24-17)12-21-18(23)20-9-7-13-4-3-8-19-11-13/h1-6,8,10-11,15,22H,7,9,12H2,(H2,20,21,23). The second kappa shape index (κ2) is 7.90. The summed E-state index contributed by atoms with van der Waals surface area (Å²) in [5.74, 6) is 0. The van der Waals surface area contributed by atoms with Gasteiger partial charge >= 0.3 is 6.03 Å². The number of rotatable bonds is 6. The molecule has 6 heteroatoms. The Morgan fingerprint density at radius 2 is 2.08 bits per heavy atom. The number of thiophene rings is 1. The molecule has 1 unspecified atom stereocenters. The lowest BCUT2D eigenvalue weighted by Crippen LogP contribution is -2.38. The predicted molar refractivity (Wildman–Crippen MR) is 96.1 cm³/mol. The first kappa shape index (κ1) is 16.4. The number of nitrogens with one attached hydrogen (secondary N) is 2. The van der Waals surface area contributed by atoms with Gasteiger partial charge in [-0.2, -0.15) is 0 Å². The number of aromatic nitrogens is 1. The smallest absolute Gasteiger partial charge is 0.314 e. The van der Waals surface area contributed by atoms with E-state index in [0.29, 0.717) is 6.54 Å². The number of fused-ring (bicyclic) bond motifs is 1. The van der Waals surface area contributed by atoms with Crippen LogP contribution in [0.15, 0.2) is 54.9 Å². The Morgan fingerprint density at radius 3 is 2.88 bits per heavy atom. The molecule has 3 aromatic rings. The fourth-order valence-electron chi connectivity index (χ4n) is 2.39. The third-order valence-corrected chi connectivity index (χ3v) is 4.87. The molecular formula is C18H19N3O2S. The van der Waals surface area contributed by atoms with Gasteiger partial charge in [0.1, 0.15) is 6.10 Å². The molecule has 24 heavy (non-hydrogen) atoms. The SMILES string of the molecule is O=C(NCCc1cccnc1)NCC(O)c1cc2ccccc2s1. The summed E-state index contributed by atoms with van der Waals surface area (Å²) in [7, 11) is 0. The summed E-state index contributed by atoms with van der Waals surface area (Å²) in [6.07, 6.45) is 3.52. The Balaban J connectivity index is 1.43. The molecule has 124 valence electrons. The van der Waals surface area contributed by atoms with Crippen LogP contribution >= 0.6 is 11.3 Å². The van der Waals surface area contributed by atoms with E-state index < -0.39 is 6.10 Å². The lowest BCUT2D eigenvalue weighted by molar-refractivity contribution is 0.176. The number of hydrogen-bond donors (Lipinski definition) is 3. The first-order chi connectivity index (χ1) is 11.7. The molecule has 0 spiro atoms. The lowest BCUT2D eigenvalue weighted by Gasteiger charge is -2.11. The molecule has 2 heterocycles. The van der Waals surface area contributed by atoms with Crippen molar-refractivity contribution in [2.24, 2.45) is 0 Å². The maximum atomic E-state index is 11.8. The van der Waals surface area contributed by atoms with Crippen molar-refractivity contribution in [3.63, 3.8) is 0 Å². The van der Waals surface area contributed by atoms with E-state index in [1.165, 1.54) is 0 Å². The van der Waals surface area contributed by atoms with Gasteiger partial charge in [-0.3, -0.25) is 4.98 Å². The highest BCUT2D eigenvalue weighted by molar-refractivity contribution is 7.19. The number of hydrogen-bond acceptors (Lipinski definition) is 4. The van der Waals surface area contributed by atoms with Crippen LogP contribution in [0.3, 0.4) is 0 Å². The van der Waals surface area contributed by atoms with Gasteiger partial charge in [0.15, 0.2) is 0 Å². The van der Waals surface area contributed by atoms with E-state index >= 15 is 0 Å². The lowest BCUT2D eigenvalue weighted by atomic mass is 10.2. The fourth-order valence-corrected chi connectivity index (χ4v) is 3.44. The van der Waals surface area contributed by atoms with Crippen LogP contribution < -0.4 is 10.6 Å². The van der Waals surface area contributed by atoms with Crippen molar-refractivity contribution >= 4 is 27.5 Å². The number of amides is 2. The Hall–Kier alpha value is -2.44. The number of urea groups is 1. The van der Waals surface area contributed by atoms with Crippen molar-refractivity contribution < 1.29 is 9.90 Å². The highest BCUT2D eigenvalue weighted by Gasteiger charge is 2.12. The van der Waals surface area contributed by atoms with Gasteiger partial charge in [-0.1, -0.05) is 24.3 Å². The monoisotopic (exact) mass is 341 g/mol. The molecule has 0 bridgehead atoms. The van der Waals surface area contributed by atoms with E-state index in [1.807, 2.05) is 42.5 Å². The van der Waals surface area contributed by atoms with E-state index in [4.69, 9.17) is 0 Å². The topological polar surface area (TPSA) is 74.2 Å². The Kier molecular flexibility index (Phi) is 5.40. The maximum absolute atomic E-state index is 11.8. The third kappa shape index (κ3) is 4.31. The largest absolute Gasteiger partial charge is 0.386 e. The van der Waals surface area contributed by atoms with Gasteiger partial charge in [0.25, 0.3) is 0 Å². The molecular weight excluding hydrogens is 322 g/mol. The minimum Gasteiger partial charge on any atom is -0.386 e. The van der Waals surface area contributed by atoms with Crippen LogP contribution in [0.2, 0.25) is 0 Å². The summed E-state index contributed by atoms with van der Waals surface area (Å²) in [5.41, 5.74) is 1.07. The number of carbonyl (C=O) groups excluding carboxylic acids is 1. The van der Waals surface area contributed by atoms with Crippen LogP contribution in [0.5, 0.6) is 0 Å². The van der Waals surface area contributed by atoms with Crippen LogP contribution in [0.25, 0.3) is 10.1 Å². The van der Waals surface area contributed by atoms with Gasteiger partial charge in [0.2, 0.25) is 0 Å². The van der Waals surface area contributed by atoms with Crippen LogP contribution in [0.1, 0.15) is 16.5 Å². The molecule has 2 aromatic heterocycles. The number of aliphatic hydroxyl groups excluding tert-OH is 1. The third-order valence-electron chi connectivity index (χ3n) is 3.65. The normalized spacial score (nSPS) is 12.0. The van der Waals surface area contributed by atoms with E-state index in [0.717, 1.165) is 26.9 Å². The van der Waals surface area contributed by atoms with Gasteiger partial charge in [-0.15, -0.1) is 11.3 Å². The molecule has 3 rings (SSSR count). The molecule has 0 saturated carbocycles. The maximum Gasteiger partial charge on any atom is 0.314 e. The molecule has 0 radical (unpaired) electrons. The molecule has 0 aliphatic carbocycles. The first-order valence-corrected chi connectivity index (χ1v) is 8.61. The van der Waals surface area contributed by atoms with E-state index in [1.54, 1.807) is 23.7 Å². The average molecular weight is 341 g/mol. The molecule has 0 aliphatic rings. The van der Waals surface area contributed by atoms with E-state index in [-0.39, 0.29) is 12.6 Å². The number of nitrogens with zero attached hydrogens (tertiary/aromatic N) is 1. The van der Waals surface area contributed by atoms with Crippen molar-refractivity contribution in [3.8, 4) is 0 Å². The van der Waals surface area contributed by atoms with Gasteiger partial charge in [0, 0.05) is 28.5 Å². The van der Waals surface area contributed by atoms with Gasteiger partial charge < -0.3 is 15.7 Å².